The summed E-state index contributed by atoms with van der Waals surface area (Å²) in [6, 6.07) is 12.5. The monoisotopic (exact) mass is 358 g/mol. The first-order valence-corrected chi connectivity index (χ1v) is 7.94. The summed E-state index contributed by atoms with van der Waals surface area (Å²) >= 11 is 11.5. The van der Waals surface area contributed by atoms with Gasteiger partial charge in [0, 0.05) is 5.56 Å². The number of fused-ring (bicyclic) bond motifs is 1. The number of carbonyl (C=O) groups excluding carboxylic acids is 1. The summed E-state index contributed by atoms with van der Waals surface area (Å²) in [7, 11) is 0. The molecule has 0 aliphatic carbocycles. The molecule has 1 saturated heterocycles. The number of amides is 1. The van der Waals surface area contributed by atoms with Gasteiger partial charge in [0.15, 0.2) is 16.6 Å². The van der Waals surface area contributed by atoms with E-state index in [9.17, 15) is 4.79 Å². The second-order valence-electron chi connectivity index (χ2n) is 5.16. The fourth-order valence-corrected chi connectivity index (χ4v) is 3.12. The summed E-state index contributed by atoms with van der Waals surface area (Å²) in [5.74, 6) is 0.992. The average Bonchev–Trinajstić information content (AvgIpc) is 3.15. The molecule has 4 rings (SSSR count). The molecule has 0 spiro atoms. The van der Waals surface area contributed by atoms with Crippen molar-refractivity contribution in [2.45, 2.75) is 0 Å². The molecule has 0 atom stereocenters. The summed E-state index contributed by atoms with van der Waals surface area (Å²) in [5, 5.41) is 3.67. The van der Waals surface area contributed by atoms with Crippen molar-refractivity contribution in [1.29, 1.82) is 0 Å². The average molecular weight is 359 g/mol. The minimum absolute atomic E-state index is 0.168. The molecule has 2 aromatic rings. The van der Waals surface area contributed by atoms with Crippen LogP contribution in [0.25, 0.3) is 6.08 Å². The molecule has 0 bridgehead atoms. The number of carbonyl (C=O) groups is 1. The van der Waals surface area contributed by atoms with Crippen LogP contribution in [0.15, 0.2) is 48.2 Å². The molecule has 2 aromatic carbocycles. The Morgan fingerprint density at radius 1 is 1.17 bits per heavy atom. The number of thiocarbonyl (C=S) groups is 1. The van der Waals surface area contributed by atoms with E-state index in [1.165, 1.54) is 4.90 Å². The third-order valence-corrected chi connectivity index (χ3v) is 4.30. The number of halogens is 1. The van der Waals surface area contributed by atoms with Gasteiger partial charge in [-0.3, -0.25) is 9.69 Å². The van der Waals surface area contributed by atoms with Crippen molar-refractivity contribution in [3.8, 4) is 11.5 Å². The number of hydrogen-bond donors (Lipinski definition) is 1. The Morgan fingerprint density at radius 2 is 2.00 bits per heavy atom. The molecule has 7 heteroatoms. The Balaban J connectivity index is 1.72. The lowest BCUT2D eigenvalue weighted by Crippen LogP contribution is -2.30. The number of rotatable bonds is 2. The minimum Gasteiger partial charge on any atom is -0.454 e. The van der Waals surface area contributed by atoms with E-state index in [4.69, 9.17) is 33.3 Å². The maximum Gasteiger partial charge on any atom is 0.281 e. The van der Waals surface area contributed by atoms with Crippen molar-refractivity contribution in [3.63, 3.8) is 0 Å². The molecule has 2 aliphatic heterocycles. The number of benzene rings is 2. The first-order valence-electron chi connectivity index (χ1n) is 7.15. The fraction of sp³-hybridized carbons (Fsp3) is 0.0588. The lowest BCUT2D eigenvalue weighted by atomic mass is 10.1. The summed E-state index contributed by atoms with van der Waals surface area (Å²) in [6.07, 6.45) is 1.69. The van der Waals surface area contributed by atoms with Crippen molar-refractivity contribution in [2.24, 2.45) is 0 Å². The standard InChI is InChI=1S/C17H11ClN2O3S/c18-11-5-1-2-6-13(11)20-16(21)12(19-17(20)24)8-10-4-3-7-14-15(10)23-9-22-14/h1-8H,9H2,(H,19,24)/b12-8-. The summed E-state index contributed by atoms with van der Waals surface area (Å²) in [5.41, 5.74) is 1.64. The van der Waals surface area contributed by atoms with Gasteiger partial charge >= 0.3 is 0 Å². The van der Waals surface area contributed by atoms with Crippen LogP contribution in [0, 0.1) is 0 Å². The molecular weight excluding hydrogens is 348 g/mol. The van der Waals surface area contributed by atoms with Crippen LogP contribution < -0.4 is 19.7 Å². The normalized spacial score (nSPS) is 17.5. The Bertz CT molecular complexity index is 897. The fourth-order valence-electron chi connectivity index (χ4n) is 2.61. The highest BCUT2D eigenvalue weighted by Crippen LogP contribution is 2.37. The smallest absolute Gasteiger partial charge is 0.281 e. The minimum atomic E-state index is -0.274. The topological polar surface area (TPSA) is 50.8 Å². The molecule has 120 valence electrons. The first-order chi connectivity index (χ1) is 11.6. The molecule has 2 heterocycles. The van der Waals surface area contributed by atoms with Gasteiger partial charge in [-0.2, -0.15) is 0 Å². The van der Waals surface area contributed by atoms with Gasteiger partial charge in [0.1, 0.15) is 5.70 Å². The van der Waals surface area contributed by atoms with Crippen molar-refractivity contribution >= 4 is 46.6 Å². The van der Waals surface area contributed by atoms with Crippen LogP contribution in [-0.4, -0.2) is 17.8 Å². The molecule has 1 amide bonds. The van der Waals surface area contributed by atoms with Crippen LogP contribution in [0.5, 0.6) is 11.5 Å². The molecular formula is C17H11ClN2O3S. The number of anilines is 1. The molecule has 5 nitrogen and oxygen atoms in total. The van der Waals surface area contributed by atoms with E-state index in [0.717, 1.165) is 5.56 Å². The predicted octanol–water partition coefficient (Wildman–Crippen LogP) is 3.33. The van der Waals surface area contributed by atoms with Gasteiger partial charge in [0.2, 0.25) is 6.79 Å². The zero-order chi connectivity index (χ0) is 16.7. The maximum atomic E-state index is 12.8. The van der Waals surface area contributed by atoms with E-state index in [-0.39, 0.29) is 17.8 Å². The SMILES string of the molecule is O=C1/C(=C/c2cccc3c2OCO3)NC(=S)N1c1ccccc1Cl. The van der Waals surface area contributed by atoms with E-state index < -0.39 is 0 Å². The Kier molecular flexibility index (Phi) is 3.63. The highest BCUT2D eigenvalue weighted by atomic mass is 35.5. The quantitative estimate of drug-likeness (QED) is 0.659. The van der Waals surface area contributed by atoms with Gasteiger partial charge in [-0.1, -0.05) is 35.9 Å². The summed E-state index contributed by atoms with van der Waals surface area (Å²) < 4.78 is 10.8. The lowest BCUT2D eigenvalue weighted by molar-refractivity contribution is -0.113. The third kappa shape index (κ3) is 2.40. The zero-order valence-electron chi connectivity index (χ0n) is 12.3. The van der Waals surface area contributed by atoms with Gasteiger partial charge in [-0.05, 0) is 36.5 Å². The molecule has 0 aromatic heterocycles. The third-order valence-electron chi connectivity index (χ3n) is 3.70. The van der Waals surface area contributed by atoms with Gasteiger partial charge in [0.05, 0.1) is 10.7 Å². The van der Waals surface area contributed by atoms with Gasteiger partial charge in [-0.15, -0.1) is 0 Å². The van der Waals surface area contributed by atoms with E-state index in [1.807, 2.05) is 18.2 Å². The summed E-state index contributed by atoms with van der Waals surface area (Å²) in [4.78, 5) is 14.1. The molecule has 1 N–H and O–H groups in total. The maximum absolute atomic E-state index is 12.8. The van der Waals surface area contributed by atoms with E-state index in [2.05, 4.69) is 5.32 Å². The highest BCUT2D eigenvalue weighted by molar-refractivity contribution is 7.80. The molecule has 2 aliphatic rings. The van der Waals surface area contributed by atoms with Crippen LogP contribution in [0.4, 0.5) is 5.69 Å². The van der Waals surface area contributed by atoms with Gasteiger partial charge in [0.25, 0.3) is 5.91 Å². The van der Waals surface area contributed by atoms with Crippen LogP contribution in [0.2, 0.25) is 5.02 Å². The highest BCUT2D eigenvalue weighted by Gasteiger charge is 2.33. The second kappa shape index (κ2) is 5.81. The second-order valence-corrected chi connectivity index (χ2v) is 5.96. The number of hydrogen-bond acceptors (Lipinski definition) is 4. The van der Waals surface area contributed by atoms with Gasteiger partial charge in [-0.25, -0.2) is 0 Å². The van der Waals surface area contributed by atoms with E-state index >= 15 is 0 Å². The number of ether oxygens (including phenoxy) is 2. The van der Waals surface area contributed by atoms with E-state index in [0.29, 0.717) is 27.9 Å². The Labute approximate surface area is 148 Å². The van der Waals surface area contributed by atoms with Crippen molar-refractivity contribution in [1.82, 2.24) is 5.32 Å². The lowest BCUT2D eigenvalue weighted by Gasteiger charge is -2.15. The van der Waals surface area contributed by atoms with Crippen LogP contribution in [0.1, 0.15) is 5.56 Å². The largest absolute Gasteiger partial charge is 0.454 e. The number of nitrogens with zero attached hydrogens (tertiary/aromatic N) is 1. The Morgan fingerprint density at radius 3 is 2.83 bits per heavy atom. The molecule has 1 fully saturated rings. The number of nitrogens with one attached hydrogen (secondary N) is 1. The van der Waals surface area contributed by atoms with Gasteiger partial charge < -0.3 is 14.8 Å². The number of para-hydroxylation sites is 2. The van der Waals surface area contributed by atoms with Crippen LogP contribution in [0.3, 0.4) is 0 Å². The molecule has 0 radical (unpaired) electrons. The van der Waals surface area contributed by atoms with E-state index in [1.54, 1.807) is 30.3 Å². The molecule has 0 saturated carbocycles. The Hall–Kier alpha value is -2.57. The van der Waals surface area contributed by atoms with Crippen molar-refractivity contribution in [3.05, 3.63) is 58.7 Å². The molecule has 24 heavy (non-hydrogen) atoms. The van der Waals surface area contributed by atoms with Crippen molar-refractivity contribution in [2.75, 3.05) is 11.7 Å². The summed E-state index contributed by atoms with van der Waals surface area (Å²) in [6.45, 7) is 0.168. The van der Waals surface area contributed by atoms with Crippen molar-refractivity contribution < 1.29 is 14.3 Å². The first kappa shape index (κ1) is 15.0. The predicted molar refractivity (Wildman–Crippen MR) is 95.2 cm³/mol. The molecule has 0 unspecified atom stereocenters. The zero-order valence-corrected chi connectivity index (χ0v) is 13.9. The van der Waals surface area contributed by atoms with Crippen LogP contribution in [-0.2, 0) is 4.79 Å². The van der Waals surface area contributed by atoms with Crippen LogP contribution >= 0.6 is 23.8 Å².